The van der Waals surface area contributed by atoms with E-state index in [0.717, 1.165) is 35.2 Å². The molecule has 0 radical (unpaired) electrons. The van der Waals surface area contributed by atoms with E-state index in [0.29, 0.717) is 5.69 Å². The topological polar surface area (TPSA) is 70.7 Å². The smallest absolute Gasteiger partial charge is 0.272 e. The third-order valence-corrected chi connectivity index (χ3v) is 4.20. The SMILES string of the molecule is CCCc1cc(C(=O)N[C@H](c2ccncc2)c2ccccc2C)n[nH]1. The molecule has 3 rings (SSSR count). The predicted molar refractivity (Wildman–Crippen MR) is 97.3 cm³/mol. The zero-order valence-corrected chi connectivity index (χ0v) is 14.5. The van der Waals surface area contributed by atoms with Gasteiger partial charge in [-0.25, -0.2) is 0 Å². The van der Waals surface area contributed by atoms with Crippen LogP contribution in [-0.2, 0) is 6.42 Å². The number of aromatic nitrogens is 3. The number of H-pyrrole nitrogens is 1. The highest BCUT2D eigenvalue weighted by Gasteiger charge is 2.20. The molecule has 128 valence electrons. The number of aromatic amines is 1. The number of carbonyl (C=O) groups is 1. The number of pyridine rings is 1. The summed E-state index contributed by atoms with van der Waals surface area (Å²) in [7, 11) is 0. The van der Waals surface area contributed by atoms with Gasteiger partial charge in [0.1, 0.15) is 5.69 Å². The molecule has 2 heterocycles. The van der Waals surface area contributed by atoms with Gasteiger partial charge in [-0.3, -0.25) is 14.9 Å². The minimum Gasteiger partial charge on any atom is -0.340 e. The number of hydrogen-bond acceptors (Lipinski definition) is 3. The van der Waals surface area contributed by atoms with Crippen molar-refractivity contribution < 1.29 is 4.79 Å². The van der Waals surface area contributed by atoms with Gasteiger partial charge >= 0.3 is 0 Å². The fraction of sp³-hybridized carbons (Fsp3) is 0.250. The lowest BCUT2D eigenvalue weighted by Crippen LogP contribution is -2.30. The molecule has 0 saturated heterocycles. The lowest BCUT2D eigenvalue weighted by atomic mass is 9.95. The predicted octanol–water partition coefficient (Wildman–Crippen LogP) is 3.59. The molecule has 1 amide bonds. The van der Waals surface area contributed by atoms with Crippen molar-refractivity contribution in [2.45, 2.75) is 32.7 Å². The van der Waals surface area contributed by atoms with Crippen LogP contribution < -0.4 is 5.32 Å². The van der Waals surface area contributed by atoms with E-state index >= 15 is 0 Å². The monoisotopic (exact) mass is 334 g/mol. The van der Waals surface area contributed by atoms with Gasteiger partial charge in [0.2, 0.25) is 0 Å². The first-order chi connectivity index (χ1) is 12.2. The van der Waals surface area contributed by atoms with Crippen molar-refractivity contribution in [1.82, 2.24) is 20.5 Å². The van der Waals surface area contributed by atoms with Crippen LogP contribution in [0.5, 0.6) is 0 Å². The molecule has 0 spiro atoms. The van der Waals surface area contributed by atoms with Crippen molar-refractivity contribution in [3.05, 3.63) is 82.9 Å². The molecule has 1 atom stereocenters. The lowest BCUT2D eigenvalue weighted by molar-refractivity contribution is 0.0938. The summed E-state index contributed by atoms with van der Waals surface area (Å²) in [6, 6.07) is 13.5. The Hall–Kier alpha value is -2.95. The minimum absolute atomic E-state index is 0.191. The Morgan fingerprint density at radius 2 is 1.96 bits per heavy atom. The second kappa shape index (κ2) is 7.75. The number of carbonyl (C=O) groups excluding carboxylic acids is 1. The molecule has 3 aromatic rings. The number of amides is 1. The molecule has 0 aliphatic heterocycles. The Balaban J connectivity index is 1.90. The number of hydrogen-bond donors (Lipinski definition) is 2. The summed E-state index contributed by atoms with van der Waals surface area (Å²) in [5.41, 5.74) is 4.56. The van der Waals surface area contributed by atoms with Crippen LogP contribution in [-0.4, -0.2) is 21.1 Å². The van der Waals surface area contributed by atoms with Crippen LogP contribution in [0.25, 0.3) is 0 Å². The quantitative estimate of drug-likeness (QED) is 0.724. The molecule has 2 aromatic heterocycles. The molecule has 0 aliphatic rings. The molecule has 0 fully saturated rings. The summed E-state index contributed by atoms with van der Waals surface area (Å²) in [5.74, 6) is -0.191. The Morgan fingerprint density at radius 3 is 2.68 bits per heavy atom. The molecule has 0 saturated carbocycles. The van der Waals surface area contributed by atoms with Crippen LogP contribution in [0, 0.1) is 6.92 Å². The second-order valence-corrected chi connectivity index (χ2v) is 6.07. The first-order valence-electron chi connectivity index (χ1n) is 8.49. The van der Waals surface area contributed by atoms with Crippen molar-refractivity contribution in [3.8, 4) is 0 Å². The van der Waals surface area contributed by atoms with Gasteiger partial charge in [0.15, 0.2) is 0 Å². The maximum Gasteiger partial charge on any atom is 0.272 e. The fourth-order valence-corrected chi connectivity index (χ4v) is 2.89. The Labute approximate surface area is 147 Å². The molecule has 0 unspecified atom stereocenters. The Bertz CT molecular complexity index is 842. The number of nitrogens with one attached hydrogen (secondary N) is 2. The van der Waals surface area contributed by atoms with Crippen molar-refractivity contribution in [2.24, 2.45) is 0 Å². The van der Waals surface area contributed by atoms with Gasteiger partial charge in [0.05, 0.1) is 6.04 Å². The molecular weight excluding hydrogens is 312 g/mol. The van der Waals surface area contributed by atoms with Crippen LogP contribution in [0.3, 0.4) is 0 Å². The zero-order chi connectivity index (χ0) is 17.6. The van der Waals surface area contributed by atoms with Crippen LogP contribution in [0.2, 0.25) is 0 Å². The van der Waals surface area contributed by atoms with Crippen molar-refractivity contribution in [2.75, 3.05) is 0 Å². The molecule has 5 heteroatoms. The molecule has 0 bridgehead atoms. The molecule has 0 aliphatic carbocycles. The van der Waals surface area contributed by atoms with Gasteiger partial charge in [-0.1, -0.05) is 37.6 Å². The van der Waals surface area contributed by atoms with Gasteiger partial charge in [0, 0.05) is 18.1 Å². The fourth-order valence-electron chi connectivity index (χ4n) is 2.89. The van der Waals surface area contributed by atoms with Crippen LogP contribution >= 0.6 is 0 Å². The number of rotatable bonds is 6. The van der Waals surface area contributed by atoms with Gasteiger partial charge in [-0.15, -0.1) is 0 Å². The molecule has 5 nitrogen and oxygen atoms in total. The van der Waals surface area contributed by atoms with E-state index in [1.54, 1.807) is 12.4 Å². The van der Waals surface area contributed by atoms with E-state index in [1.807, 2.05) is 49.4 Å². The summed E-state index contributed by atoms with van der Waals surface area (Å²) in [4.78, 5) is 16.8. The molecule has 1 aromatic carbocycles. The maximum atomic E-state index is 12.7. The van der Waals surface area contributed by atoms with Gasteiger partial charge in [0.25, 0.3) is 5.91 Å². The highest BCUT2D eigenvalue weighted by Crippen LogP contribution is 2.24. The summed E-state index contributed by atoms with van der Waals surface area (Å²) in [6.45, 7) is 4.14. The highest BCUT2D eigenvalue weighted by molar-refractivity contribution is 5.92. The third kappa shape index (κ3) is 3.94. The normalized spacial score (nSPS) is 11.9. The maximum absolute atomic E-state index is 12.7. The molecule has 2 N–H and O–H groups in total. The minimum atomic E-state index is -0.247. The van der Waals surface area contributed by atoms with E-state index in [2.05, 4.69) is 27.4 Å². The number of benzene rings is 1. The first kappa shape index (κ1) is 16.9. The molecule has 25 heavy (non-hydrogen) atoms. The van der Waals surface area contributed by atoms with Crippen LogP contribution in [0.15, 0.2) is 54.9 Å². The number of aryl methyl sites for hydroxylation is 2. The van der Waals surface area contributed by atoms with Gasteiger partial charge in [-0.05, 0) is 48.2 Å². The first-order valence-corrected chi connectivity index (χ1v) is 8.49. The Kier molecular flexibility index (Phi) is 5.23. The summed E-state index contributed by atoms with van der Waals surface area (Å²) < 4.78 is 0. The van der Waals surface area contributed by atoms with Crippen molar-refractivity contribution >= 4 is 5.91 Å². The second-order valence-electron chi connectivity index (χ2n) is 6.07. The van der Waals surface area contributed by atoms with E-state index in [9.17, 15) is 4.79 Å². The number of nitrogens with zero attached hydrogens (tertiary/aromatic N) is 2. The average molecular weight is 334 g/mol. The van der Waals surface area contributed by atoms with Gasteiger partial charge in [-0.2, -0.15) is 5.10 Å². The average Bonchev–Trinajstić information content (AvgIpc) is 3.10. The molecular formula is C20H22N4O. The van der Waals surface area contributed by atoms with Crippen molar-refractivity contribution in [3.63, 3.8) is 0 Å². The van der Waals surface area contributed by atoms with Crippen molar-refractivity contribution in [1.29, 1.82) is 0 Å². The van der Waals surface area contributed by atoms with Gasteiger partial charge < -0.3 is 5.32 Å². The van der Waals surface area contributed by atoms with Crippen LogP contribution in [0.4, 0.5) is 0 Å². The zero-order valence-electron chi connectivity index (χ0n) is 14.5. The highest BCUT2D eigenvalue weighted by atomic mass is 16.2. The van der Waals surface area contributed by atoms with E-state index in [4.69, 9.17) is 0 Å². The third-order valence-electron chi connectivity index (χ3n) is 4.20. The van der Waals surface area contributed by atoms with E-state index in [1.165, 1.54) is 0 Å². The lowest BCUT2D eigenvalue weighted by Gasteiger charge is -2.21. The summed E-state index contributed by atoms with van der Waals surface area (Å²) >= 11 is 0. The van der Waals surface area contributed by atoms with E-state index in [-0.39, 0.29) is 11.9 Å². The summed E-state index contributed by atoms with van der Waals surface area (Å²) in [5, 5.41) is 10.2. The van der Waals surface area contributed by atoms with E-state index < -0.39 is 0 Å². The standard InChI is InChI=1S/C20H22N4O/c1-3-6-16-13-18(24-23-16)20(25)22-19(15-9-11-21-12-10-15)17-8-5-4-7-14(17)2/h4-5,7-13,19H,3,6H2,1-2H3,(H,22,25)(H,23,24)/t19-/m1/s1. The largest absolute Gasteiger partial charge is 0.340 e. The van der Waals surface area contributed by atoms with Crippen LogP contribution in [0.1, 0.15) is 52.3 Å². The summed E-state index contributed by atoms with van der Waals surface area (Å²) in [6.07, 6.45) is 5.36. The Morgan fingerprint density at radius 1 is 1.20 bits per heavy atom.